The molecule has 1 heterocycles. The van der Waals surface area contributed by atoms with Crippen LogP contribution in [0.1, 0.15) is 46.6 Å². The molecule has 3 nitrogen and oxygen atoms in total. The van der Waals surface area contributed by atoms with Crippen molar-refractivity contribution in [2.45, 2.75) is 58.0 Å². The SMILES string of the molecule is CC(C)(C)c1ccc(N2C(=O)CC(N)C2(C)C)cc1. The third-order valence-electron chi connectivity index (χ3n) is 4.12. The van der Waals surface area contributed by atoms with E-state index in [4.69, 9.17) is 5.73 Å². The lowest BCUT2D eigenvalue weighted by Gasteiger charge is -2.34. The van der Waals surface area contributed by atoms with Crippen LogP contribution in [-0.2, 0) is 10.2 Å². The van der Waals surface area contributed by atoms with E-state index in [0.29, 0.717) is 6.42 Å². The lowest BCUT2D eigenvalue weighted by Crippen LogP contribution is -2.49. The van der Waals surface area contributed by atoms with Crippen LogP contribution < -0.4 is 10.6 Å². The van der Waals surface area contributed by atoms with Crippen LogP contribution in [-0.4, -0.2) is 17.5 Å². The van der Waals surface area contributed by atoms with Crippen LogP contribution in [0.3, 0.4) is 0 Å². The van der Waals surface area contributed by atoms with Crippen molar-refractivity contribution in [1.82, 2.24) is 0 Å². The van der Waals surface area contributed by atoms with Crippen LogP contribution in [0.4, 0.5) is 5.69 Å². The third kappa shape index (κ3) is 2.39. The highest BCUT2D eigenvalue weighted by Crippen LogP contribution is 2.35. The van der Waals surface area contributed by atoms with Gasteiger partial charge in [-0.2, -0.15) is 0 Å². The summed E-state index contributed by atoms with van der Waals surface area (Å²) in [5, 5.41) is 0. The summed E-state index contributed by atoms with van der Waals surface area (Å²) in [6.07, 6.45) is 0.425. The maximum atomic E-state index is 12.1. The smallest absolute Gasteiger partial charge is 0.229 e. The van der Waals surface area contributed by atoms with Crippen LogP contribution in [0.15, 0.2) is 24.3 Å². The molecule has 1 aromatic carbocycles. The minimum absolute atomic E-state index is 0.109. The minimum Gasteiger partial charge on any atom is -0.325 e. The van der Waals surface area contributed by atoms with Gasteiger partial charge in [-0.25, -0.2) is 0 Å². The van der Waals surface area contributed by atoms with Gasteiger partial charge in [0.15, 0.2) is 0 Å². The second-order valence-corrected chi connectivity index (χ2v) is 6.99. The van der Waals surface area contributed by atoms with Crippen LogP contribution in [0, 0.1) is 0 Å². The van der Waals surface area contributed by atoms with E-state index in [-0.39, 0.29) is 22.9 Å². The normalized spacial score (nSPS) is 22.9. The Kier molecular flexibility index (Phi) is 3.21. The molecule has 0 aromatic heterocycles. The number of carbonyl (C=O) groups is 1. The number of nitrogens with two attached hydrogens (primary N) is 1. The number of amides is 1. The first kappa shape index (κ1) is 14.1. The van der Waals surface area contributed by atoms with Crippen molar-refractivity contribution in [2.24, 2.45) is 5.73 Å². The fourth-order valence-electron chi connectivity index (χ4n) is 2.60. The number of hydrogen-bond donors (Lipinski definition) is 1. The maximum Gasteiger partial charge on any atom is 0.229 e. The Labute approximate surface area is 115 Å². The summed E-state index contributed by atoms with van der Waals surface area (Å²) in [4.78, 5) is 14.0. The summed E-state index contributed by atoms with van der Waals surface area (Å²) in [5.41, 5.74) is 8.08. The van der Waals surface area contributed by atoms with Gasteiger partial charge in [-0.05, 0) is 37.0 Å². The Balaban J connectivity index is 2.35. The molecule has 1 atom stereocenters. The lowest BCUT2D eigenvalue weighted by atomic mass is 9.87. The molecular weight excluding hydrogens is 236 g/mol. The first-order chi connectivity index (χ1) is 8.64. The van der Waals surface area contributed by atoms with Crippen molar-refractivity contribution in [3.8, 4) is 0 Å². The molecule has 1 amide bonds. The zero-order valence-electron chi connectivity index (χ0n) is 12.5. The van der Waals surface area contributed by atoms with Crippen molar-refractivity contribution in [3.05, 3.63) is 29.8 Å². The maximum absolute atomic E-state index is 12.1. The Morgan fingerprint density at radius 2 is 1.74 bits per heavy atom. The van der Waals surface area contributed by atoms with Crippen LogP contribution in [0.2, 0.25) is 0 Å². The number of hydrogen-bond acceptors (Lipinski definition) is 2. The van der Waals surface area contributed by atoms with Crippen LogP contribution in [0.25, 0.3) is 0 Å². The Morgan fingerprint density at radius 1 is 1.21 bits per heavy atom. The molecule has 0 bridgehead atoms. The second-order valence-electron chi connectivity index (χ2n) is 6.99. The molecule has 1 aliphatic heterocycles. The first-order valence-electron chi connectivity index (χ1n) is 6.83. The third-order valence-corrected chi connectivity index (χ3v) is 4.12. The van der Waals surface area contributed by atoms with Gasteiger partial charge in [0.1, 0.15) is 0 Å². The molecule has 0 radical (unpaired) electrons. The molecule has 19 heavy (non-hydrogen) atoms. The van der Waals surface area contributed by atoms with E-state index in [1.165, 1.54) is 5.56 Å². The average molecular weight is 260 g/mol. The van der Waals surface area contributed by atoms with E-state index in [1.54, 1.807) is 0 Å². The molecule has 0 aliphatic carbocycles. The second kappa shape index (κ2) is 4.34. The molecule has 1 aliphatic rings. The Bertz CT molecular complexity index is 482. The highest BCUT2D eigenvalue weighted by Gasteiger charge is 2.45. The van der Waals surface area contributed by atoms with E-state index in [9.17, 15) is 4.79 Å². The van der Waals surface area contributed by atoms with Gasteiger partial charge < -0.3 is 10.6 Å². The largest absolute Gasteiger partial charge is 0.325 e. The van der Waals surface area contributed by atoms with Crippen molar-refractivity contribution < 1.29 is 4.79 Å². The van der Waals surface area contributed by atoms with Crippen LogP contribution in [0.5, 0.6) is 0 Å². The van der Waals surface area contributed by atoms with Crippen LogP contribution >= 0.6 is 0 Å². The number of nitrogens with zero attached hydrogens (tertiary/aromatic N) is 1. The van der Waals surface area contributed by atoms with Crippen molar-refractivity contribution in [3.63, 3.8) is 0 Å². The van der Waals surface area contributed by atoms with E-state index < -0.39 is 0 Å². The summed E-state index contributed by atoms with van der Waals surface area (Å²) in [5.74, 6) is 0.112. The highest BCUT2D eigenvalue weighted by molar-refractivity contribution is 5.98. The average Bonchev–Trinajstić information content (AvgIpc) is 2.47. The predicted octanol–water partition coefficient (Wildman–Crippen LogP) is 2.83. The molecule has 1 unspecified atom stereocenters. The Morgan fingerprint density at radius 3 is 2.11 bits per heavy atom. The molecule has 1 aromatic rings. The quantitative estimate of drug-likeness (QED) is 0.844. The van der Waals surface area contributed by atoms with Gasteiger partial charge in [0, 0.05) is 18.2 Å². The standard InChI is InChI=1S/C16H24N2O/c1-15(2,3)11-6-8-12(9-7-11)18-14(19)10-13(17)16(18,4)5/h6-9,13H,10,17H2,1-5H3. The molecule has 0 spiro atoms. The summed E-state index contributed by atoms with van der Waals surface area (Å²) < 4.78 is 0. The fourth-order valence-corrected chi connectivity index (χ4v) is 2.60. The van der Waals surface area contributed by atoms with Crippen molar-refractivity contribution >= 4 is 11.6 Å². The Hall–Kier alpha value is -1.35. The molecule has 0 saturated carbocycles. The van der Waals surface area contributed by atoms with Gasteiger partial charge in [0.25, 0.3) is 0 Å². The number of carbonyl (C=O) groups excluding carboxylic acids is 1. The minimum atomic E-state index is -0.319. The summed E-state index contributed by atoms with van der Waals surface area (Å²) in [6.45, 7) is 10.6. The summed E-state index contributed by atoms with van der Waals surface area (Å²) >= 11 is 0. The van der Waals surface area contributed by atoms with E-state index in [1.807, 2.05) is 30.9 Å². The predicted molar refractivity (Wildman–Crippen MR) is 79.3 cm³/mol. The van der Waals surface area contributed by atoms with Gasteiger partial charge in [-0.1, -0.05) is 32.9 Å². The van der Waals surface area contributed by atoms with E-state index in [2.05, 4.69) is 32.9 Å². The van der Waals surface area contributed by atoms with Crippen molar-refractivity contribution in [2.75, 3.05) is 4.90 Å². The highest BCUT2D eigenvalue weighted by atomic mass is 16.2. The van der Waals surface area contributed by atoms with E-state index in [0.717, 1.165) is 5.69 Å². The fraction of sp³-hybridized carbons (Fsp3) is 0.562. The number of benzene rings is 1. The van der Waals surface area contributed by atoms with Gasteiger partial charge in [-0.3, -0.25) is 4.79 Å². The zero-order valence-corrected chi connectivity index (χ0v) is 12.5. The lowest BCUT2D eigenvalue weighted by molar-refractivity contribution is -0.117. The van der Waals surface area contributed by atoms with E-state index >= 15 is 0 Å². The molecule has 104 valence electrons. The zero-order chi connectivity index (χ0) is 14.4. The molecule has 2 N–H and O–H groups in total. The summed E-state index contributed by atoms with van der Waals surface area (Å²) in [7, 11) is 0. The van der Waals surface area contributed by atoms with Gasteiger partial charge in [-0.15, -0.1) is 0 Å². The summed E-state index contributed by atoms with van der Waals surface area (Å²) in [6, 6.07) is 8.14. The first-order valence-corrected chi connectivity index (χ1v) is 6.83. The van der Waals surface area contributed by atoms with Gasteiger partial charge in [0.2, 0.25) is 5.91 Å². The molecule has 2 rings (SSSR count). The molecule has 1 fully saturated rings. The van der Waals surface area contributed by atoms with Gasteiger partial charge in [0.05, 0.1) is 5.54 Å². The van der Waals surface area contributed by atoms with Gasteiger partial charge >= 0.3 is 0 Å². The number of rotatable bonds is 1. The molecular formula is C16H24N2O. The molecule has 1 saturated heterocycles. The topological polar surface area (TPSA) is 46.3 Å². The number of anilines is 1. The monoisotopic (exact) mass is 260 g/mol. The molecule has 3 heteroatoms. The van der Waals surface area contributed by atoms with Crippen molar-refractivity contribution in [1.29, 1.82) is 0 Å².